The Morgan fingerprint density at radius 3 is 2.70 bits per heavy atom. The molecule has 0 bridgehead atoms. The molecule has 1 aromatic carbocycles. The highest BCUT2D eigenvalue weighted by Crippen LogP contribution is 2.22. The Labute approximate surface area is 139 Å². The van der Waals surface area contributed by atoms with E-state index in [1.807, 2.05) is 52.7 Å². The number of hydrogen-bond acceptors (Lipinski definition) is 3. The number of hydrogen-bond donors (Lipinski definition) is 1. The van der Waals surface area contributed by atoms with Crippen molar-refractivity contribution in [3.63, 3.8) is 0 Å². The van der Waals surface area contributed by atoms with Crippen molar-refractivity contribution in [1.82, 2.24) is 15.1 Å². The normalized spacial score (nSPS) is 12.0. The van der Waals surface area contributed by atoms with Crippen molar-refractivity contribution in [2.24, 2.45) is 0 Å². The standard InChI is InChI=1S/C18H19N3OS/c1-2-14-6-8-15(9-7-14)18(22)19-13-16(17-5-3-12-23-17)21-11-4-10-20-21/h3-12,16H,2,13H2,1H3,(H,19,22). The van der Waals surface area contributed by atoms with Crippen LogP contribution in [-0.2, 0) is 6.42 Å². The molecule has 0 aliphatic carbocycles. The van der Waals surface area contributed by atoms with E-state index in [2.05, 4.69) is 23.4 Å². The molecule has 1 amide bonds. The highest BCUT2D eigenvalue weighted by molar-refractivity contribution is 7.10. The minimum Gasteiger partial charge on any atom is -0.350 e. The fourth-order valence-corrected chi connectivity index (χ4v) is 3.27. The van der Waals surface area contributed by atoms with E-state index in [9.17, 15) is 4.79 Å². The summed E-state index contributed by atoms with van der Waals surface area (Å²) in [5.41, 5.74) is 1.92. The Kier molecular flexibility index (Phi) is 4.88. The summed E-state index contributed by atoms with van der Waals surface area (Å²) in [5.74, 6) is -0.0543. The average molecular weight is 325 g/mol. The van der Waals surface area contributed by atoms with Crippen LogP contribution in [0.4, 0.5) is 0 Å². The van der Waals surface area contributed by atoms with Gasteiger partial charge in [0.1, 0.15) is 6.04 Å². The van der Waals surface area contributed by atoms with Gasteiger partial charge in [-0.05, 0) is 41.6 Å². The lowest BCUT2D eigenvalue weighted by Crippen LogP contribution is -2.31. The lowest BCUT2D eigenvalue weighted by Gasteiger charge is -2.17. The second-order valence-electron chi connectivity index (χ2n) is 5.28. The zero-order chi connectivity index (χ0) is 16.1. The first-order valence-corrected chi connectivity index (χ1v) is 8.55. The van der Waals surface area contributed by atoms with Crippen LogP contribution in [0.5, 0.6) is 0 Å². The molecule has 3 aromatic rings. The third-order valence-electron chi connectivity index (χ3n) is 3.80. The molecular weight excluding hydrogens is 306 g/mol. The van der Waals surface area contributed by atoms with E-state index in [1.54, 1.807) is 17.5 Å². The van der Waals surface area contributed by atoms with Crippen molar-refractivity contribution in [2.45, 2.75) is 19.4 Å². The van der Waals surface area contributed by atoms with Gasteiger partial charge < -0.3 is 5.32 Å². The zero-order valence-electron chi connectivity index (χ0n) is 13.0. The molecule has 0 saturated heterocycles. The Balaban J connectivity index is 1.70. The average Bonchev–Trinajstić information content (AvgIpc) is 3.29. The number of rotatable bonds is 6. The third-order valence-corrected chi connectivity index (χ3v) is 4.77. The van der Waals surface area contributed by atoms with Gasteiger partial charge >= 0.3 is 0 Å². The van der Waals surface area contributed by atoms with Gasteiger partial charge in [-0.15, -0.1) is 11.3 Å². The lowest BCUT2D eigenvalue weighted by atomic mass is 10.1. The predicted octanol–water partition coefficient (Wildman–Crippen LogP) is 3.53. The summed E-state index contributed by atoms with van der Waals surface area (Å²) in [7, 11) is 0. The van der Waals surface area contributed by atoms with Gasteiger partial charge in [-0.1, -0.05) is 25.1 Å². The summed E-state index contributed by atoms with van der Waals surface area (Å²) in [4.78, 5) is 13.5. The van der Waals surface area contributed by atoms with Crippen molar-refractivity contribution < 1.29 is 4.79 Å². The smallest absolute Gasteiger partial charge is 0.251 e. The van der Waals surface area contributed by atoms with Gasteiger partial charge in [-0.3, -0.25) is 9.48 Å². The van der Waals surface area contributed by atoms with Crippen molar-refractivity contribution in [2.75, 3.05) is 6.54 Å². The Morgan fingerprint density at radius 2 is 2.09 bits per heavy atom. The second-order valence-corrected chi connectivity index (χ2v) is 6.26. The SMILES string of the molecule is CCc1ccc(C(=O)NCC(c2cccs2)n2cccn2)cc1. The van der Waals surface area contributed by atoms with Gasteiger partial charge in [-0.2, -0.15) is 5.10 Å². The molecule has 23 heavy (non-hydrogen) atoms. The first-order valence-electron chi connectivity index (χ1n) is 7.67. The van der Waals surface area contributed by atoms with Crippen LogP contribution in [-0.4, -0.2) is 22.2 Å². The minimum atomic E-state index is -0.0543. The van der Waals surface area contributed by atoms with Gasteiger partial charge in [0.25, 0.3) is 5.91 Å². The van der Waals surface area contributed by atoms with Crippen LogP contribution < -0.4 is 5.32 Å². The first kappa shape index (κ1) is 15.5. The highest BCUT2D eigenvalue weighted by Gasteiger charge is 2.16. The van der Waals surface area contributed by atoms with E-state index in [1.165, 1.54) is 10.4 Å². The van der Waals surface area contributed by atoms with Crippen LogP contribution in [0.2, 0.25) is 0 Å². The molecule has 0 aliphatic rings. The second kappa shape index (κ2) is 7.24. The fourth-order valence-electron chi connectivity index (χ4n) is 2.45. The molecule has 0 fully saturated rings. The Hall–Kier alpha value is -2.40. The number of aromatic nitrogens is 2. The van der Waals surface area contributed by atoms with Crippen molar-refractivity contribution in [3.05, 3.63) is 76.2 Å². The number of carbonyl (C=O) groups excluding carboxylic acids is 1. The van der Waals surface area contributed by atoms with Crippen LogP contribution in [0.3, 0.4) is 0 Å². The summed E-state index contributed by atoms with van der Waals surface area (Å²) in [6.07, 6.45) is 4.65. The van der Waals surface area contributed by atoms with Gasteiger partial charge in [0.05, 0.1) is 0 Å². The molecule has 2 heterocycles. The number of thiophene rings is 1. The number of amides is 1. The molecular formula is C18H19N3OS. The molecule has 1 atom stereocenters. The molecule has 0 radical (unpaired) electrons. The fraction of sp³-hybridized carbons (Fsp3) is 0.222. The molecule has 1 unspecified atom stereocenters. The number of carbonyl (C=O) groups is 1. The maximum Gasteiger partial charge on any atom is 0.251 e. The lowest BCUT2D eigenvalue weighted by molar-refractivity contribution is 0.0949. The van der Waals surface area contributed by atoms with E-state index in [0.29, 0.717) is 12.1 Å². The van der Waals surface area contributed by atoms with Crippen molar-refractivity contribution >= 4 is 17.2 Å². The van der Waals surface area contributed by atoms with E-state index in [-0.39, 0.29) is 11.9 Å². The minimum absolute atomic E-state index is 0.0175. The first-order chi connectivity index (χ1) is 11.3. The molecule has 0 spiro atoms. The van der Waals surface area contributed by atoms with Crippen LogP contribution >= 0.6 is 11.3 Å². The molecule has 118 valence electrons. The zero-order valence-corrected chi connectivity index (χ0v) is 13.8. The summed E-state index contributed by atoms with van der Waals surface area (Å²) >= 11 is 1.67. The number of benzene rings is 1. The van der Waals surface area contributed by atoms with Gasteiger partial charge in [-0.25, -0.2) is 0 Å². The number of nitrogens with zero attached hydrogens (tertiary/aromatic N) is 2. The van der Waals surface area contributed by atoms with Gasteiger partial charge in [0, 0.05) is 29.4 Å². The Bertz CT molecular complexity index is 699. The molecule has 0 saturated carbocycles. The molecule has 1 N–H and O–H groups in total. The van der Waals surface area contributed by atoms with E-state index in [0.717, 1.165) is 6.42 Å². The molecule has 3 rings (SSSR count). The topological polar surface area (TPSA) is 46.9 Å². The quantitative estimate of drug-likeness (QED) is 0.754. The molecule has 0 aliphatic heterocycles. The van der Waals surface area contributed by atoms with Gasteiger partial charge in [0.2, 0.25) is 0 Å². The third kappa shape index (κ3) is 3.68. The number of nitrogens with one attached hydrogen (secondary N) is 1. The maximum absolute atomic E-state index is 12.4. The number of aryl methyl sites for hydroxylation is 1. The summed E-state index contributed by atoms with van der Waals surface area (Å²) in [6, 6.07) is 13.7. The van der Waals surface area contributed by atoms with Crippen molar-refractivity contribution in [3.8, 4) is 0 Å². The van der Waals surface area contributed by atoms with Gasteiger partial charge in [0.15, 0.2) is 0 Å². The molecule has 2 aromatic heterocycles. The highest BCUT2D eigenvalue weighted by atomic mass is 32.1. The van der Waals surface area contributed by atoms with Crippen LogP contribution in [0.25, 0.3) is 0 Å². The van der Waals surface area contributed by atoms with E-state index in [4.69, 9.17) is 0 Å². The van der Waals surface area contributed by atoms with Crippen LogP contribution in [0.1, 0.15) is 33.8 Å². The largest absolute Gasteiger partial charge is 0.350 e. The molecule has 5 heteroatoms. The monoisotopic (exact) mass is 325 g/mol. The van der Waals surface area contributed by atoms with Crippen LogP contribution in [0.15, 0.2) is 60.2 Å². The Morgan fingerprint density at radius 1 is 1.26 bits per heavy atom. The van der Waals surface area contributed by atoms with Crippen LogP contribution in [0, 0.1) is 0 Å². The summed E-state index contributed by atoms with van der Waals surface area (Å²) < 4.78 is 1.88. The predicted molar refractivity (Wildman–Crippen MR) is 92.8 cm³/mol. The maximum atomic E-state index is 12.4. The molecule has 4 nitrogen and oxygen atoms in total. The summed E-state index contributed by atoms with van der Waals surface area (Å²) in [6.45, 7) is 2.61. The van der Waals surface area contributed by atoms with E-state index < -0.39 is 0 Å². The summed E-state index contributed by atoms with van der Waals surface area (Å²) in [5, 5.41) is 9.38. The van der Waals surface area contributed by atoms with E-state index >= 15 is 0 Å². The van der Waals surface area contributed by atoms with Crippen molar-refractivity contribution in [1.29, 1.82) is 0 Å².